The van der Waals surface area contributed by atoms with Crippen molar-refractivity contribution < 1.29 is 8.42 Å². The van der Waals surface area contributed by atoms with Gasteiger partial charge in [0.2, 0.25) is 0 Å². The SMILES string of the molecule is CCCN=C(N)NCCN(C)S(=O)(=O)c1cccs1. The molecule has 0 unspecified atom stereocenters. The van der Waals surface area contributed by atoms with E-state index >= 15 is 0 Å². The number of sulfonamides is 1. The van der Waals surface area contributed by atoms with Gasteiger partial charge in [0.1, 0.15) is 4.21 Å². The number of hydrogen-bond donors (Lipinski definition) is 2. The van der Waals surface area contributed by atoms with E-state index in [9.17, 15) is 8.42 Å². The van der Waals surface area contributed by atoms with Crippen LogP contribution in [0.2, 0.25) is 0 Å². The Bertz CT molecular complexity index is 497. The Morgan fingerprint density at radius 3 is 2.89 bits per heavy atom. The number of likely N-dealkylation sites (N-methyl/N-ethyl adjacent to an activating group) is 1. The lowest BCUT2D eigenvalue weighted by Crippen LogP contribution is -2.39. The van der Waals surface area contributed by atoms with E-state index in [1.807, 2.05) is 6.92 Å². The third-order valence-electron chi connectivity index (χ3n) is 2.40. The van der Waals surface area contributed by atoms with Gasteiger partial charge in [0, 0.05) is 26.7 Å². The molecule has 1 heterocycles. The van der Waals surface area contributed by atoms with E-state index in [1.54, 1.807) is 24.6 Å². The number of thiophene rings is 1. The second-order valence-electron chi connectivity index (χ2n) is 3.95. The minimum absolute atomic E-state index is 0.336. The van der Waals surface area contributed by atoms with Gasteiger partial charge in [-0.1, -0.05) is 13.0 Å². The van der Waals surface area contributed by atoms with Crippen LogP contribution in [-0.2, 0) is 10.0 Å². The van der Waals surface area contributed by atoms with E-state index in [-0.39, 0.29) is 0 Å². The van der Waals surface area contributed by atoms with E-state index in [0.717, 1.165) is 6.42 Å². The molecule has 0 fully saturated rings. The summed E-state index contributed by atoms with van der Waals surface area (Å²) in [4.78, 5) is 4.07. The van der Waals surface area contributed by atoms with Gasteiger partial charge in [-0.2, -0.15) is 4.31 Å². The lowest BCUT2D eigenvalue weighted by Gasteiger charge is -2.16. The first kappa shape index (κ1) is 15.9. The molecular formula is C11H20N4O2S2. The first-order chi connectivity index (χ1) is 8.98. The summed E-state index contributed by atoms with van der Waals surface area (Å²) in [5.41, 5.74) is 5.62. The van der Waals surface area contributed by atoms with Gasteiger partial charge in [-0.25, -0.2) is 8.42 Å². The van der Waals surface area contributed by atoms with Crippen LogP contribution >= 0.6 is 11.3 Å². The van der Waals surface area contributed by atoms with Crippen LogP contribution in [0.1, 0.15) is 13.3 Å². The number of nitrogens with zero attached hydrogens (tertiary/aromatic N) is 2. The van der Waals surface area contributed by atoms with Gasteiger partial charge >= 0.3 is 0 Å². The summed E-state index contributed by atoms with van der Waals surface area (Å²) in [5, 5.41) is 4.64. The number of hydrogen-bond acceptors (Lipinski definition) is 4. The largest absolute Gasteiger partial charge is 0.370 e. The zero-order chi connectivity index (χ0) is 14.3. The van der Waals surface area contributed by atoms with Crippen molar-refractivity contribution in [3.05, 3.63) is 17.5 Å². The lowest BCUT2D eigenvalue weighted by molar-refractivity contribution is 0.472. The predicted molar refractivity (Wildman–Crippen MR) is 78.9 cm³/mol. The highest BCUT2D eigenvalue weighted by atomic mass is 32.2. The van der Waals surface area contributed by atoms with Crippen molar-refractivity contribution in [1.29, 1.82) is 0 Å². The van der Waals surface area contributed by atoms with Crippen LogP contribution in [0.15, 0.2) is 26.7 Å². The average Bonchev–Trinajstić information content (AvgIpc) is 2.90. The van der Waals surface area contributed by atoms with E-state index in [0.29, 0.717) is 29.8 Å². The molecule has 0 saturated carbocycles. The van der Waals surface area contributed by atoms with Crippen LogP contribution in [0.3, 0.4) is 0 Å². The quantitative estimate of drug-likeness (QED) is 0.573. The number of aliphatic imine (C=N–C) groups is 1. The van der Waals surface area contributed by atoms with Crippen LogP contribution in [0.25, 0.3) is 0 Å². The monoisotopic (exact) mass is 304 g/mol. The Balaban J connectivity index is 2.46. The Morgan fingerprint density at radius 2 is 2.32 bits per heavy atom. The fourth-order valence-corrected chi connectivity index (χ4v) is 3.69. The second-order valence-corrected chi connectivity index (χ2v) is 7.17. The molecule has 8 heteroatoms. The zero-order valence-electron chi connectivity index (χ0n) is 11.2. The van der Waals surface area contributed by atoms with Gasteiger partial charge in [-0.15, -0.1) is 11.3 Å². The van der Waals surface area contributed by atoms with Crippen LogP contribution < -0.4 is 11.1 Å². The molecule has 19 heavy (non-hydrogen) atoms. The fourth-order valence-electron chi connectivity index (χ4n) is 1.31. The normalized spacial score (nSPS) is 12.9. The molecule has 0 aliphatic heterocycles. The molecule has 1 aromatic rings. The molecule has 0 saturated heterocycles. The van der Waals surface area contributed by atoms with Gasteiger partial charge in [-0.3, -0.25) is 4.99 Å². The minimum Gasteiger partial charge on any atom is -0.370 e. The maximum Gasteiger partial charge on any atom is 0.252 e. The lowest BCUT2D eigenvalue weighted by atomic mass is 10.5. The van der Waals surface area contributed by atoms with E-state index in [2.05, 4.69) is 10.3 Å². The van der Waals surface area contributed by atoms with Crippen molar-refractivity contribution in [1.82, 2.24) is 9.62 Å². The molecule has 6 nitrogen and oxygen atoms in total. The molecule has 0 aromatic carbocycles. The Hall–Kier alpha value is -1.12. The summed E-state index contributed by atoms with van der Waals surface area (Å²) in [5.74, 6) is 0.351. The second kappa shape index (κ2) is 7.46. The van der Waals surface area contributed by atoms with Crippen LogP contribution in [0.5, 0.6) is 0 Å². The van der Waals surface area contributed by atoms with Crippen molar-refractivity contribution in [2.24, 2.45) is 10.7 Å². The molecular weight excluding hydrogens is 284 g/mol. The molecule has 1 aromatic heterocycles. The molecule has 108 valence electrons. The first-order valence-electron chi connectivity index (χ1n) is 6.02. The smallest absolute Gasteiger partial charge is 0.252 e. The van der Waals surface area contributed by atoms with E-state index in [4.69, 9.17) is 5.73 Å². The van der Waals surface area contributed by atoms with Gasteiger partial charge < -0.3 is 11.1 Å². The molecule has 0 aliphatic carbocycles. The summed E-state index contributed by atoms with van der Waals surface area (Å²) in [6, 6.07) is 3.32. The molecule has 1 rings (SSSR count). The summed E-state index contributed by atoms with van der Waals surface area (Å²) < 4.78 is 25.8. The fraction of sp³-hybridized carbons (Fsp3) is 0.545. The van der Waals surface area contributed by atoms with E-state index < -0.39 is 10.0 Å². The maximum absolute atomic E-state index is 12.1. The number of nitrogens with two attached hydrogens (primary N) is 1. The summed E-state index contributed by atoms with van der Waals surface area (Å²) in [6.07, 6.45) is 0.926. The van der Waals surface area contributed by atoms with Gasteiger partial charge in [0.15, 0.2) is 5.96 Å². The van der Waals surface area contributed by atoms with Crippen molar-refractivity contribution in [2.75, 3.05) is 26.7 Å². The highest BCUT2D eigenvalue weighted by Crippen LogP contribution is 2.19. The van der Waals surface area contributed by atoms with Crippen molar-refractivity contribution in [3.8, 4) is 0 Å². The van der Waals surface area contributed by atoms with Crippen LogP contribution in [0.4, 0.5) is 0 Å². The molecule has 3 N–H and O–H groups in total. The van der Waals surface area contributed by atoms with Crippen molar-refractivity contribution in [3.63, 3.8) is 0 Å². The Kier molecular flexibility index (Phi) is 6.26. The van der Waals surface area contributed by atoms with Gasteiger partial charge in [0.25, 0.3) is 10.0 Å². The predicted octanol–water partition coefficient (Wildman–Crippen LogP) is 0.683. The summed E-state index contributed by atoms with van der Waals surface area (Å²) in [7, 11) is -1.83. The van der Waals surface area contributed by atoms with Gasteiger partial charge in [-0.05, 0) is 17.9 Å². The highest BCUT2D eigenvalue weighted by Gasteiger charge is 2.20. The molecule has 0 aliphatic rings. The molecule has 0 amide bonds. The number of rotatable bonds is 7. The highest BCUT2D eigenvalue weighted by molar-refractivity contribution is 7.91. The number of guanidine groups is 1. The van der Waals surface area contributed by atoms with Crippen molar-refractivity contribution in [2.45, 2.75) is 17.6 Å². The maximum atomic E-state index is 12.1. The molecule has 0 spiro atoms. The Morgan fingerprint density at radius 1 is 1.58 bits per heavy atom. The summed E-state index contributed by atoms with van der Waals surface area (Å²) in [6.45, 7) is 3.45. The van der Waals surface area contributed by atoms with Crippen LogP contribution in [-0.4, -0.2) is 45.4 Å². The van der Waals surface area contributed by atoms with Gasteiger partial charge in [0.05, 0.1) is 0 Å². The third kappa shape index (κ3) is 4.81. The zero-order valence-corrected chi connectivity index (χ0v) is 12.8. The van der Waals surface area contributed by atoms with E-state index in [1.165, 1.54) is 15.6 Å². The molecule has 0 bridgehead atoms. The van der Waals surface area contributed by atoms with Crippen molar-refractivity contribution >= 4 is 27.3 Å². The summed E-state index contributed by atoms with van der Waals surface area (Å²) >= 11 is 1.21. The topological polar surface area (TPSA) is 87.8 Å². The van der Waals surface area contributed by atoms with Crippen LogP contribution in [0, 0.1) is 0 Å². The average molecular weight is 304 g/mol. The third-order valence-corrected chi connectivity index (χ3v) is 5.63. The standard InChI is InChI=1S/C11H20N4O2S2/c1-3-6-13-11(12)14-7-8-15(2)19(16,17)10-5-4-9-18-10/h4-5,9H,3,6-8H2,1-2H3,(H3,12,13,14). The number of nitrogens with one attached hydrogen (secondary N) is 1. The minimum atomic E-state index is -3.38. The molecule has 0 radical (unpaired) electrons. The first-order valence-corrected chi connectivity index (χ1v) is 8.34. The Labute approximate surface area is 118 Å². The molecule has 0 atom stereocenters.